The van der Waals surface area contributed by atoms with Crippen LogP contribution in [-0.4, -0.2) is 30.6 Å². The summed E-state index contributed by atoms with van der Waals surface area (Å²) in [5.41, 5.74) is -0.795. The van der Waals surface area contributed by atoms with Gasteiger partial charge in [-0.15, -0.1) is 0 Å². The van der Waals surface area contributed by atoms with Gasteiger partial charge < -0.3 is 10.2 Å². The molecule has 2 rings (SSSR count). The van der Waals surface area contributed by atoms with E-state index in [2.05, 4.69) is 17.1 Å². The smallest absolute Gasteiger partial charge is 0.309 e. The van der Waals surface area contributed by atoms with Gasteiger partial charge in [0, 0.05) is 19.1 Å². The Morgan fingerprint density at radius 3 is 2.76 bits per heavy atom. The topological polar surface area (TPSA) is 15.3 Å². The number of alkyl halides is 3. The molecule has 0 aliphatic carbocycles. The summed E-state index contributed by atoms with van der Waals surface area (Å²) < 4.78 is 51.8. The second-order valence-corrected chi connectivity index (χ2v) is 5.47. The number of nitrogens with zero attached hydrogens (tertiary/aromatic N) is 1. The van der Waals surface area contributed by atoms with Crippen molar-refractivity contribution in [1.29, 1.82) is 0 Å². The van der Waals surface area contributed by atoms with Crippen LogP contribution in [0.25, 0.3) is 0 Å². The maximum absolute atomic E-state index is 13.2. The fourth-order valence-electron chi connectivity index (χ4n) is 2.76. The van der Waals surface area contributed by atoms with E-state index < -0.39 is 17.6 Å². The third-order valence-corrected chi connectivity index (χ3v) is 3.77. The minimum atomic E-state index is -4.45. The van der Waals surface area contributed by atoms with E-state index in [1.807, 2.05) is 0 Å². The zero-order valence-corrected chi connectivity index (χ0v) is 12.0. The highest BCUT2D eigenvalue weighted by molar-refractivity contribution is 5.30. The summed E-state index contributed by atoms with van der Waals surface area (Å²) >= 11 is 0. The molecule has 0 saturated carbocycles. The Hall–Kier alpha value is -1.14. The van der Waals surface area contributed by atoms with E-state index in [1.54, 1.807) is 0 Å². The number of nitrogens with one attached hydrogen (secondary N) is 1. The lowest BCUT2D eigenvalue weighted by molar-refractivity contribution is -0.138. The monoisotopic (exact) mass is 304 g/mol. The average molecular weight is 304 g/mol. The van der Waals surface area contributed by atoms with Gasteiger partial charge in [0.2, 0.25) is 0 Å². The minimum Gasteiger partial charge on any atom is -0.309 e. The van der Waals surface area contributed by atoms with Crippen LogP contribution in [0.3, 0.4) is 0 Å². The van der Waals surface area contributed by atoms with Gasteiger partial charge >= 0.3 is 6.18 Å². The highest BCUT2D eigenvalue weighted by atomic mass is 19.4. The quantitative estimate of drug-likeness (QED) is 0.839. The van der Waals surface area contributed by atoms with Gasteiger partial charge in [0.1, 0.15) is 5.82 Å². The van der Waals surface area contributed by atoms with Gasteiger partial charge in [0.15, 0.2) is 0 Å². The van der Waals surface area contributed by atoms with Crippen molar-refractivity contribution in [2.45, 2.75) is 38.5 Å². The highest BCUT2D eigenvalue weighted by Gasteiger charge is 2.33. The Labute approximate surface area is 122 Å². The molecule has 0 spiro atoms. The van der Waals surface area contributed by atoms with Crippen LogP contribution in [0.15, 0.2) is 18.2 Å². The molecule has 1 N–H and O–H groups in total. The van der Waals surface area contributed by atoms with Gasteiger partial charge in [-0.2, -0.15) is 13.2 Å². The van der Waals surface area contributed by atoms with Gasteiger partial charge in [-0.25, -0.2) is 4.39 Å². The predicted molar refractivity (Wildman–Crippen MR) is 73.4 cm³/mol. The highest BCUT2D eigenvalue weighted by Crippen LogP contribution is 2.32. The van der Waals surface area contributed by atoms with Crippen LogP contribution in [0.1, 0.15) is 30.9 Å². The van der Waals surface area contributed by atoms with Gasteiger partial charge in [-0.1, -0.05) is 6.92 Å². The summed E-state index contributed by atoms with van der Waals surface area (Å²) in [5.74, 6) is -0.640. The van der Waals surface area contributed by atoms with Crippen LogP contribution in [0, 0.1) is 5.82 Å². The summed E-state index contributed by atoms with van der Waals surface area (Å²) in [6, 6.07) is 2.80. The minimum absolute atomic E-state index is 0.0311. The van der Waals surface area contributed by atoms with Crippen LogP contribution in [-0.2, 0) is 12.7 Å². The van der Waals surface area contributed by atoms with Crippen molar-refractivity contribution in [3.63, 3.8) is 0 Å². The predicted octanol–water partition coefficient (Wildman–Crippen LogP) is 3.42. The maximum atomic E-state index is 13.2. The molecule has 1 aromatic carbocycles. The summed E-state index contributed by atoms with van der Waals surface area (Å²) in [6.45, 7) is 4.94. The third kappa shape index (κ3) is 4.41. The van der Waals surface area contributed by atoms with Crippen molar-refractivity contribution in [3.8, 4) is 0 Å². The van der Waals surface area contributed by atoms with Gasteiger partial charge in [-0.3, -0.25) is 0 Å². The summed E-state index contributed by atoms with van der Waals surface area (Å²) in [4.78, 5) is 2.29. The van der Waals surface area contributed by atoms with E-state index >= 15 is 0 Å². The number of hydrogen-bond acceptors (Lipinski definition) is 2. The number of benzene rings is 1. The second-order valence-electron chi connectivity index (χ2n) is 5.47. The molecule has 2 nitrogen and oxygen atoms in total. The number of rotatable bonds is 5. The van der Waals surface area contributed by atoms with E-state index in [9.17, 15) is 17.6 Å². The zero-order chi connectivity index (χ0) is 15.5. The zero-order valence-electron chi connectivity index (χ0n) is 12.0. The standard InChI is InChI=1S/C15H20F4N2/c1-2-6-21-7-5-13(10-21)20-9-11-8-12(16)3-4-14(11)15(17,18)19/h3-4,8,13,20H,2,5-7,9-10H2,1H3/t13-/m0/s1. The fraction of sp³-hybridized carbons (Fsp3) is 0.600. The van der Waals surface area contributed by atoms with Gasteiger partial charge in [0.05, 0.1) is 5.56 Å². The van der Waals surface area contributed by atoms with E-state index in [0.717, 1.165) is 50.7 Å². The Bertz CT molecular complexity index is 473. The Balaban J connectivity index is 1.99. The molecule has 21 heavy (non-hydrogen) atoms. The Kier molecular flexibility index (Phi) is 5.22. The molecule has 1 heterocycles. The molecular formula is C15H20F4N2. The van der Waals surface area contributed by atoms with Gasteiger partial charge in [0.25, 0.3) is 0 Å². The van der Waals surface area contributed by atoms with Crippen LogP contribution in [0.5, 0.6) is 0 Å². The first kappa shape index (κ1) is 16.2. The molecule has 1 atom stereocenters. The van der Waals surface area contributed by atoms with Crippen LogP contribution >= 0.6 is 0 Å². The molecular weight excluding hydrogens is 284 g/mol. The molecule has 0 amide bonds. The average Bonchev–Trinajstić information content (AvgIpc) is 2.83. The first-order chi connectivity index (χ1) is 9.90. The van der Waals surface area contributed by atoms with E-state index in [1.165, 1.54) is 0 Å². The lowest BCUT2D eigenvalue weighted by Gasteiger charge is -2.18. The maximum Gasteiger partial charge on any atom is 0.416 e. The van der Waals surface area contributed by atoms with E-state index in [4.69, 9.17) is 0 Å². The summed E-state index contributed by atoms with van der Waals surface area (Å²) in [7, 11) is 0. The van der Waals surface area contributed by atoms with Crippen molar-refractivity contribution in [2.75, 3.05) is 19.6 Å². The van der Waals surface area contributed by atoms with Crippen LogP contribution in [0.2, 0.25) is 0 Å². The van der Waals surface area contributed by atoms with Crippen molar-refractivity contribution < 1.29 is 17.6 Å². The number of halogens is 4. The largest absolute Gasteiger partial charge is 0.416 e. The molecule has 0 aromatic heterocycles. The SMILES string of the molecule is CCCN1CC[C@H](NCc2cc(F)ccc2C(F)(F)F)C1. The lowest BCUT2D eigenvalue weighted by atomic mass is 10.1. The fourth-order valence-corrected chi connectivity index (χ4v) is 2.76. The van der Waals surface area contributed by atoms with Crippen LogP contribution in [0.4, 0.5) is 17.6 Å². The van der Waals surface area contributed by atoms with Gasteiger partial charge in [-0.05, 0) is 49.7 Å². The molecule has 0 unspecified atom stereocenters. The second kappa shape index (κ2) is 6.75. The first-order valence-electron chi connectivity index (χ1n) is 7.21. The Morgan fingerprint density at radius 2 is 2.10 bits per heavy atom. The molecule has 1 aliphatic heterocycles. The molecule has 6 heteroatoms. The lowest BCUT2D eigenvalue weighted by Crippen LogP contribution is -2.33. The molecule has 0 bridgehead atoms. The first-order valence-corrected chi connectivity index (χ1v) is 7.21. The summed E-state index contributed by atoms with van der Waals surface area (Å²) in [6.07, 6.45) is -2.47. The van der Waals surface area contributed by atoms with Crippen molar-refractivity contribution in [2.24, 2.45) is 0 Å². The molecule has 1 aliphatic rings. The number of likely N-dealkylation sites (tertiary alicyclic amines) is 1. The van der Waals surface area contributed by atoms with E-state index in [0.29, 0.717) is 0 Å². The third-order valence-electron chi connectivity index (χ3n) is 3.77. The summed E-state index contributed by atoms with van der Waals surface area (Å²) in [5, 5.41) is 3.12. The van der Waals surface area contributed by atoms with Crippen molar-refractivity contribution in [1.82, 2.24) is 10.2 Å². The molecule has 1 aromatic rings. The molecule has 118 valence electrons. The van der Waals surface area contributed by atoms with Crippen molar-refractivity contribution in [3.05, 3.63) is 35.1 Å². The van der Waals surface area contributed by atoms with Crippen LogP contribution < -0.4 is 5.32 Å². The van der Waals surface area contributed by atoms with Crippen molar-refractivity contribution >= 4 is 0 Å². The van der Waals surface area contributed by atoms with E-state index in [-0.39, 0.29) is 18.2 Å². The molecule has 0 radical (unpaired) electrons. The number of hydrogen-bond donors (Lipinski definition) is 1. The molecule has 1 fully saturated rings. The normalized spacial score (nSPS) is 20.1. The Morgan fingerprint density at radius 1 is 1.33 bits per heavy atom. The molecule has 1 saturated heterocycles.